The second kappa shape index (κ2) is 8.31. The third-order valence-electron chi connectivity index (χ3n) is 4.75. The Kier molecular flexibility index (Phi) is 5.82. The van der Waals surface area contributed by atoms with Crippen LogP contribution in [0.5, 0.6) is 0 Å². The molecule has 0 radical (unpaired) electrons. The second-order valence-corrected chi connectivity index (χ2v) is 8.01. The lowest BCUT2D eigenvalue weighted by molar-refractivity contribution is -0.120. The number of aromatic nitrogens is 1. The fraction of sp³-hybridized carbons (Fsp3) is 0.261. The highest BCUT2D eigenvalue weighted by Gasteiger charge is 2.14. The zero-order valence-corrected chi connectivity index (χ0v) is 17.2. The number of amides is 2. The fourth-order valence-corrected chi connectivity index (χ4v) is 3.06. The van der Waals surface area contributed by atoms with E-state index in [2.05, 4.69) is 41.6 Å². The lowest BCUT2D eigenvalue weighted by atomic mass is 9.87. The van der Waals surface area contributed by atoms with Gasteiger partial charge in [-0.15, -0.1) is 0 Å². The van der Waals surface area contributed by atoms with Crippen molar-refractivity contribution in [2.75, 3.05) is 6.54 Å². The van der Waals surface area contributed by atoms with Crippen molar-refractivity contribution in [2.24, 2.45) is 5.10 Å². The first-order valence-corrected chi connectivity index (χ1v) is 9.53. The van der Waals surface area contributed by atoms with Crippen molar-refractivity contribution in [2.45, 2.75) is 33.1 Å². The molecule has 1 heterocycles. The van der Waals surface area contributed by atoms with E-state index in [-0.39, 0.29) is 17.9 Å². The maximum Gasteiger partial charge on any atom is 0.259 e. The highest BCUT2D eigenvalue weighted by Crippen LogP contribution is 2.22. The van der Waals surface area contributed by atoms with Crippen molar-refractivity contribution in [3.63, 3.8) is 0 Å². The van der Waals surface area contributed by atoms with Gasteiger partial charge in [0.25, 0.3) is 11.8 Å². The van der Waals surface area contributed by atoms with Gasteiger partial charge in [0.05, 0.1) is 12.8 Å². The lowest BCUT2D eigenvalue weighted by Gasteiger charge is -2.19. The van der Waals surface area contributed by atoms with Gasteiger partial charge in [-0.1, -0.05) is 51.1 Å². The molecular weight excluding hydrogens is 364 g/mol. The summed E-state index contributed by atoms with van der Waals surface area (Å²) in [5.74, 6) is -0.685. The largest absolute Gasteiger partial charge is 0.358 e. The normalized spacial score (nSPS) is 11.7. The van der Waals surface area contributed by atoms with Crippen molar-refractivity contribution in [1.29, 1.82) is 0 Å². The lowest BCUT2D eigenvalue weighted by Crippen LogP contribution is -2.34. The first-order chi connectivity index (χ1) is 13.8. The van der Waals surface area contributed by atoms with Gasteiger partial charge in [0, 0.05) is 27.7 Å². The Hall–Kier alpha value is -3.41. The fourth-order valence-electron chi connectivity index (χ4n) is 3.06. The Morgan fingerprint density at radius 1 is 1.07 bits per heavy atom. The van der Waals surface area contributed by atoms with E-state index in [4.69, 9.17) is 0 Å². The highest BCUT2D eigenvalue weighted by molar-refractivity contribution is 6.01. The van der Waals surface area contributed by atoms with Crippen LogP contribution in [0.25, 0.3) is 10.9 Å². The molecule has 0 saturated carbocycles. The Labute approximate surface area is 170 Å². The van der Waals surface area contributed by atoms with Crippen LogP contribution in [0.2, 0.25) is 0 Å². The van der Waals surface area contributed by atoms with Gasteiger partial charge in [-0.2, -0.15) is 5.10 Å². The quantitative estimate of drug-likeness (QED) is 0.459. The second-order valence-electron chi connectivity index (χ2n) is 8.01. The molecule has 0 fully saturated rings. The number of nitrogens with zero attached hydrogens (tertiary/aromatic N) is 1. The first kappa shape index (κ1) is 20.3. The van der Waals surface area contributed by atoms with Gasteiger partial charge >= 0.3 is 0 Å². The monoisotopic (exact) mass is 390 g/mol. The molecule has 0 atom stereocenters. The standard InChI is InChI=1S/C23H26N4O2/c1-15-19(18-7-5-6-8-20(18)26-15)13-25-27-21(28)14-24-22(29)16-9-11-17(12-10-16)23(2,3)4/h5-13,26H,14H2,1-4H3,(H,24,29)(H,27,28)/b25-13+. The molecule has 0 aliphatic carbocycles. The van der Waals surface area contributed by atoms with Crippen LogP contribution in [0, 0.1) is 6.92 Å². The number of para-hydroxylation sites is 1. The van der Waals surface area contributed by atoms with Crippen LogP contribution in [0.15, 0.2) is 53.6 Å². The highest BCUT2D eigenvalue weighted by atomic mass is 16.2. The van der Waals surface area contributed by atoms with Gasteiger partial charge < -0.3 is 10.3 Å². The summed E-state index contributed by atoms with van der Waals surface area (Å²) in [5.41, 5.74) is 7.04. The van der Waals surface area contributed by atoms with Gasteiger partial charge in [-0.3, -0.25) is 9.59 Å². The van der Waals surface area contributed by atoms with Gasteiger partial charge in [0.15, 0.2) is 0 Å². The van der Waals surface area contributed by atoms with Gasteiger partial charge in [0.1, 0.15) is 0 Å². The number of nitrogens with one attached hydrogen (secondary N) is 3. The third kappa shape index (κ3) is 4.90. The van der Waals surface area contributed by atoms with Crippen LogP contribution in [0.1, 0.15) is 48.0 Å². The molecule has 150 valence electrons. The number of hydrogen-bond acceptors (Lipinski definition) is 3. The molecule has 0 saturated heterocycles. The number of benzene rings is 2. The van der Waals surface area contributed by atoms with Crippen molar-refractivity contribution in [1.82, 2.24) is 15.7 Å². The number of hydrogen-bond donors (Lipinski definition) is 3. The van der Waals surface area contributed by atoms with Crippen LogP contribution in [-0.2, 0) is 10.2 Å². The molecule has 0 spiro atoms. The minimum atomic E-state index is -0.390. The maximum atomic E-state index is 12.2. The van der Waals surface area contributed by atoms with Gasteiger partial charge in [-0.05, 0) is 36.1 Å². The van der Waals surface area contributed by atoms with Gasteiger partial charge in [0.2, 0.25) is 0 Å². The van der Waals surface area contributed by atoms with Crippen molar-refractivity contribution in [3.05, 3.63) is 70.9 Å². The molecule has 2 amide bonds. The van der Waals surface area contributed by atoms with Crippen molar-refractivity contribution < 1.29 is 9.59 Å². The summed E-state index contributed by atoms with van der Waals surface area (Å²) >= 11 is 0. The van der Waals surface area contributed by atoms with Crippen LogP contribution in [0.3, 0.4) is 0 Å². The van der Waals surface area contributed by atoms with Gasteiger partial charge in [-0.25, -0.2) is 5.43 Å². The Morgan fingerprint density at radius 2 is 1.76 bits per heavy atom. The summed E-state index contributed by atoms with van der Waals surface area (Å²) in [6.07, 6.45) is 1.61. The first-order valence-electron chi connectivity index (χ1n) is 9.53. The molecule has 29 heavy (non-hydrogen) atoms. The number of rotatable bonds is 5. The van der Waals surface area contributed by atoms with E-state index < -0.39 is 5.91 Å². The third-order valence-corrected chi connectivity index (χ3v) is 4.75. The van der Waals surface area contributed by atoms with Crippen LogP contribution in [-0.4, -0.2) is 29.6 Å². The molecule has 0 aliphatic heterocycles. The summed E-state index contributed by atoms with van der Waals surface area (Å²) in [5, 5.41) is 7.67. The van der Waals surface area contributed by atoms with Crippen molar-refractivity contribution in [3.8, 4) is 0 Å². The zero-order chi connectivity index (χ0) is 21.0. The molecule has 0 aliphatic rings. The van der Waals surface area contributed by atoms with E-state index in [1.165, 1.54) is 0 Å². The Balaban J connectivity index is 1.54. The molecule has 0 bridgehead atoms. The van der Waals surface area contributed by atoms with E-state index in [0.29, 0.717) is 5.56 Å². The molecule has 3 aromatic rings. The zero-order valence-electron chi connectivity index (χ0n) is 17.2. The van der Waals surface area contributed by atoms with E-state index in [1.807, 2.05) is 43.3 Å². The summed E-state index contributed by atoms with van der Waals surface area (Å²) in [6, 6.07) is 15.3. The smallest absolute Gasteiger partial charge is 0.259 e. The topological polar surface area (TPSA) is 86.3 Å². The predicted octanol–water partition coefficient (Wildman–Crippen LogP) is 3.65. The molecule has 3 rings (SSSR count). The minimum Gasteiger partial charge on any atom is -0.358 e. The van der Waals surface area contributed by atoms with Crippen molar-refractivity contribution >= 4 is 28.9 Å². The molecule has 6 heteroatoms. The number of fused-ring (bicyclic) bond motifs is 1. The SMILES string of the molecule is Cc1[nH]c2ccccc2c1/C=N/NC(=O)CNC(=O)c1ccc(C(C)(C)C)cc1. The average molecular weight is 390 g/mol. The summed E-state index contributed by atoms with van der Waals surface area (Å²) in [6.45, 7) is 8.15. The molecule has 6 nitrogen and oxygen atoms in total. The molecular formula is C23H26N4O2. The number of aryl methyl sites for hydroxylation is 1. The summed E-state index contributed by atoms with van der Waals surface area (Å²) in [7, 11) is 0. The van der Waals surface area contributed by atoms with Crippen LogP contribution < -0.4 is 10.7 Å². The number of H-pyrrole nitrogens is 1. The maximum absolute atomic E-state index is 12.2. The van der Waals surface area contributed by atoms with E-state index in [0.717, 1.165) is 27.7 Å². The van der Waals surface area contributed by atoms with E-state index in [1.54, 1.807) is 18.3 Å². The van der Waals surface area contributed by atoms with Crippen LogP contribution >= 0.6 is 0 Å². The van der Waals surface area contributed by atoms with E-state index in [9.17, 15) is 9.59 Å². The molecule has 0 unspecified atom stereocenters. The average Bonchev–Trinajstić information content (AvgIpc) is 3.01. The molecule has 1 aromatic heterocycles. The number of carbonyl (C=O) groups excluding carboxylic acids is 2. The summed E-state index contributed by atoms with van der Waals surface area (Å²) in [4.78, 5) is 27.5. The number of aromatic amines is 1. The van der Waals surface area contributed by atoms with E-state index >= 15 is 0 Å². The predicted molar refractivity (Wildman–Crippen MR) is 116 cm³/mol. The molecule has 3 N–H and O–H groups in total. The summed E-state index contributed by atoms with van der Waals surface area (Å²) < 4.78 is 0. The Morgan fingerprint density at radius 3 is 2.45 bits per heavy atom. The molecule has 2 aromatic carbocycles. The van der Waals surface area contributed by atoms with Crippen LogP contribution in [0.4, 0.5) is 0 Å². The Bertz CT molecular complexity index is 1060. The minimum absolute atomic E-state index is 0.0239. The number of hydrazone groups is 1. The number of carbonyl (C=O) groups is 2.